The lowest BCUT2D eigenvalue weighted by Gasteiger charge is -2.27. The number of nitrogens with one attached hydrogen (secondary N) is 1. The molecule has 0 aromatic carbocycles. The van der Waals surface area contributed by atoms with Crippen molar-refractivity contribution in [1.82, 2.24) is 14.9 Å². The molecule has 1 saturated heterocycles. The summed E-state index contributed by atoms with van der Waals surface area (Å²) in [5.41, 5.74) is 0. The molecule has 14 heavy (non-hydrogen) atoms. The third-order valence-corrected chi connectivity index (χ3v) is 3.06. The molecule has 1 aliphatic rings. The lowest BCUT2D eigenvalue weighted by Crippen LogP contribution is -2.33. The van der Waals surface area contributed by atoms with E-state index in [2.05, 4.69) is 34.9 Å². The summed E-state index contributed by atoms with van der Waals surface area (Å²) in [7, 11) is 0. The van der Waals surface area contributed by atoms with Crippen molar-refractivity contribution >= 4 is 0 Å². The maximum Gasteiger partial charge on any atom is 0.125 e. The number of aryl methyl sites for hydroxylation is 1. The minimum Gasteiger partial charge on any atom is -0.334 e. The first-order chi connectivity index (χ1) is 6.81. The SMILES string of the molecule is CCn1ccnc1C1CCC(C)CN1. The number of imidazole rings is 1. The molecule has 2 atom stereocenters. The average Bonchev–Trinajstić information content (AvgIpc) is 2.67. The lowest BCUT2D eigenvalue weighted by atomic mass is 9.96. The van der Waals surface area contributed by atoms with Crippen molar-refractivity contribution in [3.05, 3.63) is 18.2 Å². The zero-order chi connectivity index (χ0) is 9.97. The predicted octanol–water partition coefficient (Wildman–Crippen LogP) is 1.96. The Hall–Kier alpha value is -0.830. The molecule has 3 nitrogen and oxygen atoms in total. The molecule has 0 saturated carbocycles. The Labute approximate surface area is 85.5 Å². The van der Waals surface area contributed by atoms with Crippen LogP contribution in [0.4, 0.5) is 0 Å². The van der Waals surface area contributed by atoms with Gasteiger partial charge in [-0.15, -0.1) is 0 Å². The van der Waals surface area contributed by atoms with Crippen molar-refractivity contribution in [2.45, 2.75) is 39.3 Å². The standard InChI is InChI=1S/C11H19N3/c1-3-14-7-6-12-11(14)10-5-4-9(2)8-13-10/h6-7,9-10,13H,3-5,8H2,1-2H3. The normalized spacial score (nSPS) is 27.9. The molecule has 0 radical (unpaired) electrons. The fourth-order valence-electron chi connectivity index (χ4n) is 2.12. The van der Waals surface area contributed by atoms with Gasteiger partial charge in [0.05, 0.1) is 6.04 Å². The van der Waals surface area contributed by atoms with Crippen LogP contribution in [0.2, 0.25) is 0 Å². The molecular formula is C11H19N3. The van der Waals surface area contributed by atoms with E-state index >= 15 is 0 Å². The zero-order valence-corrected chi connectivity index (χ0v) is 9.03. The number of aromatic nitrogens is 2. The van der Waals surface area contributed by atoms with Crippen LogP contribution in [0.15, 0.2) is 12.4 Å². The molecule has 3 heteroatoms. The van der Waals surface area contributed by atoms with Gasteiger partial charge in [0.15, 0.2) is 0 Å². The van der Waals surface area contributed by atoms with E-state index < -0.39 is 0 Å². The number of nitrogens with zero attached hydrogens (tertiary/aromatic N) is 2. The molecule has 1 aromatic rings. The lowest BCUT2D eigenvalue weighted by molar-refractivity contribution is 0.318. The van der Waals surface area contributed by atoms with Crippen LogP contribution >= 0.6 is 0 Å². The molecule has 0 spiro atoms. The van der Waals surface area contributed by atoms with Gasteiger partial charge < -0.3 is 9.88 Å². The summed E-state index contributed by atoms with van der Waals surface area (Å²) >= 11 is 0. The monoisotopic (exact) mass is 193 g/mol. The number of rotatable bonds is 2. The van der Waals surface area contributed by atoms with Gasteiger partial charge in [-0.2, -0.15) is 0 Å². The maximum atomic E-state index is 4.44. The summed E-state index contributed by atoms with van der Waals surface area (Å²) in [6.07, 6.45) is 6.50. The van der Waals surface area contributed by atoms with Crippen molar-refractivity contribution in [3.8, 4) is 0 Å². The Morgan fingerprint density at radius 2 is 2.43 bits per heavy atom. The quantitative estimate of drug-likeness (QED) is 0.778. The molecule has 2 unspecified atom stereocenters. The van der Waals surface area contributed by atoms with Gasteiger partial charge in [0.1, 0.15) is 5.82 Å². The topological polar surface area (TPSA) is 29.9 Å². The Morgan fingerprint density at radius 1 is 1.57 bits per heavy atom. The summed E-state index contributed by atoms with van der Waals surface area (Å²) in [6.45, 7) is 6.61. The molecule has 0 amide bonds. The van der Waals surface area contributed by atoms with Gasteiger partial charge in [-0.05, 0) is 32.2 Å². The summed E-state index contributed by atoms with van der Waals surface area (Å²) in [5, 5.41) is 3.56. The van der Waals surface area contributed by atoms with Crippen molar-refractivity contribution in [2.24, 2.45) is 5.92 Å². The molecule has 78 valence electrons. The van der Waals surface area contributed by atoms with Gasteiger partial charge in [0, 0.05) is 18.9 Å². The third-order valence-electron chi connectivity index (χ3n) is 3.06. The molecule has 1 N–H and O–H groups in total. The highest BCUT2D eigenvalue weighted by Gasteiger charge is 2.21. The first kappa shape index (κ1) is 9.71. The maximum absolute atomic E-state index is 4.44. The predicted molar refractivity (Wildman–Crippen MR) is 57.0 cm³/mol. The van der Waals surface area contributed by atoms with E-state index in [1.54, 1.807) is 0 Å². The first-order valence-electron chi connectivity index (χ1n) is 5.55. The fourth-order valence-corrected chi connectivity index (χ4v) is 2.12. The number of hydrogen-bond donors (Lipinski definition) is 1. The van der Waals surface area contributed by atoms with E-state index in [1.165, 1.54) is 18.7 Å². The summed E-state index contributed by atoms with van der Waals surface area (Å²) < 4.78 is 2.23. The van der Waals surface area contributed by atoms with Crippen molar-refractivity contribution in [1.29, 1.82) is 0 Å². The van der Waals surface area contributed by atoms with E-state index in [9.17, 15) is 0 Å². The zero-order valence-electron chi connectivity index (χ0n) is 9.03. The highest BCUT2D eigenvalue weighted by atomic mass is 15.1. The van der Waals surface area contributed by atoms with E-state index in [0.29, 0.717) is 6.04 Å². The third kappa shape index (κ3) is 1.82. The van der Waals surface area contributed by atoms with Crippen LogP contribution in [0.5, 0.6) is 0 Å². The van der Waals surface area contributed by atoms with Gasteiger partial charge in [-0.25, -0.2) is 4.98 Å². The molecule has 0 aliphatic carbocycles. The van der Waals surface area contributed by atoms with Crippen LogP contribution in [0.3, 0.4) is 0 Å². The van der Waals surface area contributed by atoms with Gasteiger partial charge >= 0.3 is 0 Å². The summed E-state index contributed by atoms with van der Waals surface area (Å²) in [5.74, 6) is 2.02. The Bertz CT molecular complexity index is 284. The smallest absolute Gasteiger partial charge is 0.125 e. The molecular weight excluding hydrogens is 174 g/mol. The summed E-state index contributed by atoms with van der Waals surface area (Å²) in [6, 6.07) is 0.473. The number of piperidine rings is 1. The van der Waals surface area contributed by atoms with Crippen molar-refractivity contribution in [2.75, 3.05) is 6.54 Å². The van der Waals surface area contributed by atoms with Gasteiger partial charge in [-0.1, -0.05) is 6.92 Å². The van der Waals surface area contributed by atoms with E-state index in [0.717, 1.165) is 19.0 Å². The van der Waals surface area contributed by atoms with Crippen LogP contribution < -0.4 is 5.32 Å². The molecule has 1 aliphatic heterocycles. The molecule has 1 fully saturated rings. The second-order valence-electron chi connectivity index (χ2n) is 4.21. The highest BCUT2D eigenvalue weighted by molar-refractivity contribution is 5.00. The van der Waals surface area contributed by atoms with Crippen molar-refractivity contribution < 1.29 is 0 Å². The molecule has 2 rings (SSSR count). The Kier molecular flexibility index (Phi) is 2.87. The molecule has 0 bridgehead atoms. The van der Waals surface area contributed by atoms with E-state index in [4.69, 9.17) is 0 Å². The molecule has 1 aromatic heterocycles. The van der Waals surface area contributed by atoms with Crippen LogP contribution in [-0.4, -0.2) is 16.1 Å². The van der Waals surface area contributed by atoms with Gasteiger partial charge in [0.2, 0.25) is 0 Å². The van der Waals surface area contributed by atoms with Crippen LogP contribution in [0.1, 0.15) is 38.6 Å². The first-order valence-corrected chi connectivity index (χ1v) is 5.55. The van der Waals surface area contributed by atoms with Gasteiger partial charge in [-0.3, -0.25) is 0 Å². The van der Waals surface area contributed by atoms with Crippen LogP contribution in [0.25, 0.3) is 0 Å². The highest BCUT2D eigenvalue weighted by Crippen LogP contribution is 2.24. The minimum atomic E-state index is 0.473. The van der Waals surface area contributed by atoms with E-state index in [-0.39, 0.29) is 0 Å². The van der Waals surface area contributed by atoms with Crippen LogP contribution in [-0.2, 0) is 6.54 Å². The van der Waals surface area contributed by atoms with E-state index in [1.807, 2.05) is 6.20 Å². The average molecular weight is 193 g/mol. The van der Waals surface area contributed by atoms with Crippen LogP contribution in [0, 0.1) is 5.92 Å². The molecule has 2 heterocycles. The Balaban J connectivity index is 2.08. The Morgan fingerprint density at radius 3 is 3.07 bits per heavy atom. The summed E-state index contributed by atoms with van der Waals surface area (Å²) in [4.78, 5) is 4.44. The number of hydrogen-bond acceptors (Lipinski definition) is 2. The van der Waals surface area contributed by atoms with Gasteiger partial charge in [0.25, 0.3) is 0 Å². The second kappa shape index (κ2) is 4.13. The fraction of sp³-hybridized carbons (Fsp3) is 0.727. The van der Waals surface area contributed by atoms with Crippen molar-refractivity contribution in [3.63, 3.8) is 0 Å². The minimum absolute atomic E-state index is 0.473. The largest absolute Gasteiger partial charge is 0.334 e. The second-order valence-corrected chi connectivity index (χ2v) is 4.21.